The van der Waals surface area contributed by atoms with Crippen LogP contribution in [0.5, 0.6) is 0 Å². The van der Waals surface area contributed by atoms with E-state index in [1.165, 1.54) is 38.4 Å². The fourth-order valence-electron chi connectivity index (χ4n) is 9.36. The second-order valence-electron chi connectivity index (χ2n) is 15.9. The van der Waals surface area contributed by atoms with Crippen molar-refractivity contribution in [3.8, 4) is 56.8 Å². The van der Waals surface area contributed by atoms with Gasteiger partial charge in [0, 0.05) is 49.3 Å². The van der Waals surface area contributed by atoms with Gasteiger partial charge in [0.1, 0.15) is 5.82 Å². The zero-order chi connectivity index (χ0) is 39.2. The predicted octanol–water partition coefficient (Wildman–Crippen LogP) is 12.8. The van der Waals surface area contributed by atoms with Crippen LogP contribution in [-0.2, 0) is 5.41 Å². The van der Waals surface area contributed by atoms with Gasteiger partial charge in [-0.05, 0) is 76.9 Å². The highest BCUT2D eigenvalue weighted by Crippen LogP contribution is 2.51. The van der Waals surface area contributed by atoms with Gasteiger partial charge in [0.25, 0.3) is 0 Å². The number of benzene rings is 7. The van der Waals surface area contributed by atoms with E-state index in [0.29, 0.717) is 17.5 Å². The molecule has 1 aliphatic carbocycles. The summed E-state index contributed by atoms with van der Waals surface area (Å²) in [7, 11) is 0. The summed E-state index contributed by atoms with van der Waals surface area (Å²) < 4.78 is 4.66. The fourth-order valence-corrected chi connectivity index (χ4v) is 9.36. The molecule has 0 saturated heterocycles. The molecule has 4 heterocycles. The Morgan fingerprint density at radius 2 is 0.915 bits per heavy atom. The number of para-hydroxylation sites is 2. The van der Waals surface area contributed by atoms with E-state index in [1.807, 2.05) is 66.9 Å². The highest BCUT2D eigenvalue weighted by molar-refractivity contribution is 6.13. The first-order valence-corrected chi connectivity index (χ1v) is 20.1. The van der Waals surface area contributed by atoms with Gasteiger partial charge in [0.15, 0.2) is 17.5 Å². The summed E-state index contributed by atoms with van der Waals surface area (Å²) in [4.78, 5) is 20.1. The third-order valence-electron chi connectivity index (χ3n) is 12.2. The molecule has 6 nitrogen and oxygen atoms in total. The average molecular weight is 757 g/mol. The van der Waals surface area contributed by atoms with Crippen molar-refractivity contribution in [2.45, 2.75) is 19.3 Å². The second kappa shape index (κ2) is 12.7. The van der Waals surface area contributed by atoms with E-state index < -0.39 is 0 Å². The minimum absolute atomic E-state index is 0.0813. The zero-order valence-electron chi connectivity index (χ0n) is 32.5. The van der Waals surface area contributed by atoms with Crippen LogP contribution in [0.3, 0.4) is 0 Å². The van der Waals surface area contributed by atoms with Crippen molar-refractivity contribution in [3.05, 3.63) is 193 Å². The Morgan fingerprint density at radius 3 is 1.56 bits per heavy atom. The van der Waals surface area contributed by atoms with Crippen LogP contribution in [0.15, 0.2) is 182 Å². The predicted molar refractivity (Wildman–Crippen MR) is 240 cm³/mol. The average Bonchev–Trinajstić information content (AvgIpc) is 3.88. The molecule has 4 aromatic heterocycles. The van der Waals surface area contributed by atoms with Crippen molar-refractivity contribution in [3.63, 3.8) is 0 Å². The number of pyridine rings is 1. The number of fused-ring (bicyclic) bond motifs is 9. The fraction of sp³-hybridized carbons (Fsp3) is 0.0566. The minimum Gasteiger partial charge on any atom is -0.308 e. The zero-order valence-corrected chi connectivity index (χ0v) is 32.5. The Balaban J connectivity index is 1.00. The molecule has 6 heteroatoms. The number of rotatable bonds is 5. The Morgan fingerprint density at radius 1 is 0.390 bits per heavy atom. The van der Waals surface area contributed by atoms with Gasteiger partial charge in [-0.15, -0.1) is 0 Å². The number of hydrogen-bond acceptors (Lipinski definition) is 4. The Kier molecular flexibility index (Phi) is 7.17. The van der Waals surface area contributed by atoms with Crippen molar-refractivity contribution in [2.75, 3.05) is 0 Å². The van der Waals surface area contributed by atoms with Crippen LogP contribution in [0, 0.1) is 0 Å². The number of aromatic nitrogens is 6. The largest absolute Gasteiger partial charge is 0.308 e. The standard InChI is InChI=1S/C53H36N6/c1-53(2)43-22-12-9-19-37(43)40-30-47-41(29-44(40)53)38-20-11-14-24-46(38)59(47)49-31-42-39-21-10-13-23-45(39)58(48(42)32-54-49)36-27-25-35(26-28-36)52-56-50(33-15-5-3-6-16-33)55-51(57-52)34-17-7-4-8-18-34/h3-32H,1-2H3. The molecule has 7 aromatic carbocycles. The molecule has 12 rings (SSSR count). The maximum Gasteiger partial charge on any atom is 0.164 e. The lowest BCUT2D eigenvalue weighted by atomic mass is 9.82. The minimum atomic E-state index is -0.0813. The Hall–Kier alpha value is -7.70. The third kappa shape index (κ3) is 5.06. The molecule has 59 heavy (non-hydrogen) atoms. The van der Waals surface area contributed by atoms with E-state index >= 15 is 0 Å². The smallest absolute Gasteiger partial charge is 0.164 e. The van der Waals surface area contributed by atoms with E-state index in [2.05, 4.69) is 138 Å². The van der Waals surface area contributed by atoms with Crippen LogP contribution in [0.1, 0.15) is 25.0 Å². The molecule has 0 radical (unpaired) electrons. The summed E-state index contributed by atoms with van der Waals surface area (Å²) in [5.74, 6) is 2.81. The lowest BCUT2D eigenvalue weighted by Gasteiger charge is -2.21. The molecule has 0 N–H and O–H groups in total. The van der Waals surface area contributed by atoms with Crippen LogP contribution >= 0.6 is 0 Å². The molecule has 0 fully saturated rings. The topological polar surface area (TPSA) is 61.4 Å². The van der Waals surface area contributed by atoms with Crippen LogP contribution in [-0.4, -0.2) is 29.1 Å². The molecule has 0 aliphatic heterocycles. The highest BCUT2D eigenvalue weighted by atomic mass is 15.1. The van der Waals surface area contributed by atoms with Crippen molar-refractivity contribution in [1.29, 1.82) is 0 Å². The molecule has 11 aromatic rings. The van der Waals surface area contributed by atoms with Crippen LogP contribution in [0.2, 0.25) is 0 Å². The van der Waals surface area contributed by atoms with E-state index in [-0.39, 0.29) is 5.41 Å². The summed E-state index contributed by atoms with van der Waals surface area (Å²) in [6.07, 6.45) is 2.04. The van der Waals surface area contributed by atoms with Gasteiger partial charge in [-0.1, -0.05) is 135 Å². The first-order chi connectivity index (χ1) is 29.0. The summed E-state index contributed by atoms with van der Waals surface area (Å²) in [5, 5.41) is 4.79. The summed E-state index contributed by atoms with van der Waals surface area (Å²) >= 11 is 0. The second-order valence-corrected chi connectivity index (χ2v) is 15.9. The normalized spacial score (nSPS) is 13.1. The van der Waals surface area contributed by atoms with Crippen LogP contribution in [0.25, 0.3) is 100 Å². The Labute approximate surface area is 340 Å². The summed E-state index contributed by atoms with van der Waals surface area (Å²) in [5.41, 5.74) is 13.6. The van der Waals surface area contributed by atoms with Crippen molar-refractivity contribution in [1.82, 2.24) is 29.1 Å². The molecule has 0 bridgehead atoms. The SMILES string of the molecule is CC1(C)c2ccccc2-c2cc3c(cc21)c1ccccc1n3-c1cc2c3ccccc3n(-c3ccc(-c4nc(-c5ccccc5)nc(-c5ccccc5)n4)cc3)c2cn1. The number of nitrogens with zero attached hydrogens (tertiary/aromatic N) is 6. The van der Waals surface area contributed by atoms with E-state index in [4.69, 9.17) is 19.9 Å². The maximum atomic E-state index is 5.25. The van der Waals surface area contributed by atoms with Gasteiger partial charge in [0.05, 0.1) is 28.3 Å². The van der Waals surface area contributed by atoms with Gasteiger partial charge in [0.2, 0.25) is 0 Å². The van der Waals surface area contributed by atoms with E-state index in [0.717, 1.165) is 55.6 Å². The van der Waals surface area contributed by atoms with E-state index in [9.17, 15) is 0 Å². The first-order valence-electron chi connectivity index (χ1n) is 20.1. The quantitative estimate of drug-likeness (QED) is 0.175. The van der Waals surface area contributed by atoms with Crippen molar-refractivity contribution >= 4 is 43.6 Å². The molecular formula is C53H36N6. The summed E-state index contributed by atoms with van der Waals surface area (Å²) in [6, 6.07) is 62.0. The lowest BCUT2D eigenvalue weighted by molar-refractivity contribution is 0.661. The first kappa shape index (κ1) is 33.4. The van der Waals surface area contributed by atoms with Crippen molar-refractivity contribution < 1.29 is 0 Å². The highest BCUT2D eigenvalue weighted by Gasteiger charge is 2.36. The third-order valence-corrected chi connectivity index (χ3v) is 12.2. The van der Waals surface area contributed by atoms with Gasteiger partial charge in [-0.25, -0.2) is 19.9 Å². The van der Waals surface area contributed by atoms with Crippen LogP contribution < -0.4 is 0 Å². The molecular weight excluding hydrogens is 721 g/mol. The molecule has 0 amide bonds. The molecule has 0 saturated carbocycles. The summed E-state index contributed by atoms with van der Waals surface area (Å²) in [6.45, 7) is 4.69. The molecule has 0 spiro atoms. The Bertz CT molecular complexity index is 3390. The maximum absolute atomic E-state index is 5.25. The lowest BCUT2D eigenvalue weighted by Crippen LogP contribution is -2.14. The van der Waals surface area contributed by atoms with Gasteiger partial charge in [-0.3, -0.25) is 4.57 Å². The molecule has 0 unspecified atom stereocenters. The monoisotopic (exact) mass is 756 g/mol. The van der Waals surface area contributed by atoms with Gasteiger partial charge in [-0.2, -0.15) is 0 Å². The van der Waals surface area contributed by atoms with E-state index in [1.54, 1.807) is 0 Å². The van der Waals surface area contributed by atoms with Crippen LogP contribution in [0.4, 0.5) is 0 Å². The van der Waals surface area contributed by atoms with Crippen molar-refractivity contribution in [2.24, 2.45) is 0 Å². The molecule has 1 aliphatic rings. The molecule has 278 valence electrons. The van der Waals surface area contributed by atoms with Gasteiger partial charge < -0.3 is 4.57 Å². The molecule has 0 atom stereocenters. The van der Waals surface area contributed by atoms with Gasteiger partial charge >= 0.3 is 0 Å². The number of hydrogen-bond donors (Lipinski definition) is 0.